The molecule has 1 aliphatic carbocycles. The lowest BCUT2D eigenvalue weighted by Gasteiger charge is -2.28. The molecule has 1 aromatic heterocycles. The fourth-order valence-electron chi connectivity index (χ4n) is 2.00. The topological polar surface area (TPSA) is 63.8 Å². The second kappa shape index (κ2) is 4.04. The maximum Gasteiger partial charge on any atom is 0.224 e. The van der Waals surface area contributed by atoms with Crippen LogP contribution in [0.3, 0.4) is 0 Å². The summed E-state index contributed by atoms with van der Waals surface area (Å²) in [6.07, 6.45) is 9.76. The van der Waals surface area contributed by atoms with E-state index in [-0.39, 0.29) is 0 Å². The van der Waals surface area contributed by atoms with Gasteiger partial charge in [-0.2, -0.15) is 4.68 Å². The Labute approximate surface area is 83.1 Å². The minimum Gasteiger partial charge on any atom is -0.369 e. The average molecular weight is 195 g/mol. The van der Waals surface area contributed by atoms with Crippen molar-refractivity contribution in [3.8, 4) is 0 Å². The molecule has 0 aliphatic heterocycles. The molecule has 14 heavy (non-hydrogen) atoms. The maximum absolute atomic E-state index is 10.3. The number of aliphatic hydroxyl groups is 1. The number of hydrogen-bond donors (Lipinski definition) is 1. The normalized spacial score (nSPS) is 22.6. The van der Waals surface area contributed by atoms with Gasteiger partial charge in [0.1, 0.15) is 0 Å². The standard InChI is InChI=1S/C9H15N4O/c14-9(13-8-10-11-12-13)6-4-2-1-3-5-7-9/h14H,1-7H2. The Bertz CT molecular complexity index is 264. The molecule has 0 saturated heterocycles. The molecule has 1 aromatic rings. The minimum atomic E-state index is -0.899. The SMILES string of the molecule is OC1(n2[c]nnn2)CCCCCCC1. The lowest BCUT2D eigenvalue weighted by Crippen LogP contribution is -2.34. The minimum absolute atomic E-state index is 0.731. The summed E-state index contributed by atoms with van der Waals surface area (Å²) in [5.41, 5.74) is -0.899. The highest BCUT2D eigenvalue weighted by molar-refractivity contribution is 4.74. The van der Waals surface area contributed by atoms with E-state index >= 15 is 0 Å². The van der Waals surface area contributed by atoms with Crippen molar-refractivity contribution in [1.82, 2.24) is 20.2 Å². The summed E-state index contributed by atoms with van der Waals surface area (Å²) in [6.45, 7) is 0. The molecule has 1 aliphatic rings. The van der Waals surface area contributed by atoms with E-state index in [9.17, 15) is 5.11 Å². The van der Waals surface area contributed by atoms with E-state index in [0.29, 0.717) is 0 Å². The van der Waals surface area contributed by atoms with Crippen molar-refractivity contribution in [2.75, 3.05) is 0 Å². The summed E-state index contributed by atoms with van der Waals surface area (Å²) in [5, 5.41) is 21.0. The molecule has 1 radical (unpaired) electrons. The van der Waals surface area contributed by atoms with Crippen LogP contribution in [-0.2, 0) is 5.72 Å². The highest BCUT2D eigenvalue weighted by Gasteiger charge is 2.30. The van der Waals surface area contributed by atoms with E-state index in [0.717, 1.165) is 25.7 Å². The molecular formula is C9H15N4O. The van der Waals surface area contributed by atoms with Crippen LogP contribution in [-0.4, -0.2) is 25.3 Å². The molecule has 0 aromatic carbocycles. The Morgan fingerprint density at radius 3 is 2.29 bits per heavy atom. The zero-order valence-electron chi connectivity index (χ0n) is 8.19. The molecule has 5 nitrogen and oxygen atoms in total. The molecule has 0 atom stereocenters. The zero-order valence-corrected chi connectivity index (χ0v) is 8.19. The second-order valence-electron chi connectivity index (χ2n) is 3.94. The van der Waals surface area contributed by atoms with Crippen molar-refractivity contribution < 1.29 is 5.11 Å². The quantitative estimate of drug-likeness (QED) is 0.722. The van der Waals surface area contributed by atoms with E-state index in [1.165, 1.54) is 23.9 Å². The summed E-state index contributed by atoms with van der Waals surface area (Å²) in [4.78, 5) is 0. The first-order chi connectivity index (χ1) is 6.81. The van der Waals surface area contributed by atoms with Crippen LogP contribution in [0.25, 0.3) is 0 Å². The van der Waals surface area contributed by atoms with Gasteiger partial charge in [-0.3, -0.25) is 0 Å². The molecule has 0 spiro atoms. The van der Waals surface area contributed by atoms with Crippen LogP contribution in [0.5, 0.6) is 0 Å². The van der Waals surface area contributed by atoms with E-state index in [4.69, 9.17) is 0 Å². The predicted molar refractivity (Wildman–Crippen MR) is 49.2 cm³/mol. The Balaban J connectivity index is 2.11. The third kappa shape index (κ3) is 1.92. The van der Waals surface area contributed by atoms with Gasteiger partial charge in [0.05, 0.1) is 0 Å². The molecular weight excluding hydrogens is 180 g/mol. The van der Waals surface area contributed by atoms with Crippen molar-refractivity contribution in [2.24, 2.45) is 0 Å². The smallest absolute Gasteiger partial charge is 0.224 e. The highest BCUT2D eigenvalue weighted by Crippen LogP contribution is 2.29. The Hall–Kier alpha value is -0.970. The van der Waals surface area contributed by atoms with Crippen LogP contribution in [0.4, 0.5) is 0 Å². The Morgan fingerprint density at radius 2 is 1.71 bits per heavy atom. The molecule has 1 N–H and O–H groups in total. The highest BCUT2D eigenvalue weighted by atomic mass is 16.3. The number of hydrogen-bond acceptors (Lipinski definition) is 4. The number of nitrogens with zero attached hydrogens (tertiary/aromatic N) is 4. The molecule has 1 heterocycles. The zero-order chi connectivity index (χ0) is 9.86. The van der Waals surface area contributed by atoms with Crippen molar-refractivity contribution >= 4 is 0 Å². The monoisotopic (exact) mass is 195 g/mol. The van der Waals surface area contributed by atoms with Crippen LogP contribution < -0.4 is 0 Å². The van der Waals surface area contributed by atoms with Gasteiger partial charge in [0, 0.05) is 0 Å². The maximum atomic E-state index is 10.3. The third-order valence-electron chi connectivity index (χ3n) is 2.86. The summed E-state index contributed by atoms with van der Waals surface area (Å²) in [6, 6.07) is 0. The molecule has 1 fully saturated rings. The first-order valence-electron chi connectivity index (χ1n) is 5.20. The van der Waals surface area contributed by atoms with E-state index in [1.54, 1.807) is 0 Å². The largest absolute Gasteiger partial charge is 0.369 e. The number of aromatic nitrogens is 4. The van der Waals surface area contributed by atoms with Gasteiger partial charge in [-0.15, -0.1) is 5.10 Å². The fraction of sp³-hybridized carbons (Fsp3) is 0.889. The van der Waals surface area contributed by atoms with Gasteiger partial charge in [0.25, 0.3) is 0 Å². The number of rotatable bonds is 1. The Kier molecular flexibility index (Phi) is 2.77. The van der Waals surface area contributed by atoms with E-state index in [1.807, 2.05) is 0 Å². The molecule has 0 unspecified atom stereocenters. The van der Waals surface area contributed by atoms with E-state index < -0.39 is 5.72 Å². The molecule has 2 rings (SSSR count). The number of tetrazole rings is 1. The van der Waals surface area contributed by atoms with Crippen LogP contribution >= 0.6 is 0 Å². The third-order valence-corrected chi connectivity index (χ3v) is 2.86. The summed E-state index contributed by atoms with van der Waals surface area (Å²) in [7, 11) is 0. The molecule has 77 valence electrons. The van der Waals surface area contributed by atoms with Crippen LogP contribution in [0.15, 0.2) is 0 Å². The predicted octanol–water partition coefficient (Wildman–Crippen LogP) is 0.863. The lowest BCUT2D eigenvalue weighted by molar-refractivity contribution is -0.0729. The fourth-order valence-corrected chi connectivity index (χ4v) is 2.00. The second-order valence-corrected chi connectivity index (χ2v) is 3.94. The van der Waals surface area contributed by atoms with Crippen molar-refractivity contribution in [1.29, 1.82) is 0 Å². The van der Waals surface area contributed by atoms with Gasteiger partial charge < -0.3 is 5.11 Å². The van der Waals surface area contributed by atoms with Gasteiger partial charge in [-0.05, 0) is 36.1 Å². The van der Waals surface area contributed by atoms with Crippen molar-refractivity contribution in [2.45, 2.75) is 50.7 Å². The van der Waals surface area contributed by atoms with Crippen LogP contribution in [0.1, 0.15) is 44.9 Å². The summed E-state index contributed by atoms with van der Waals surface area (Å²) in [5.74, 6) is 0. The molecule has 5 heteroatoms. The molecule has 1 saturated carbocycles. The van der Waals surface area contributed by atoms with Crippen molar-refractivity contribution in [3.05, 3.63) is 6.33 Å². The van der Waals surface area contributed by atoms with Gasteiger partial charge in [0.15, 0.2) is 5.72 Å². The lowest BCUT2D eigenvalue weighted by atomic mass is 9.94. The Morgan fingerprint density at radius 1 is 1.07 bits per heavy atom. The molecule has 0 amide bonds. The molecule has 0 bridgehead atoms. The van der Waals surface area contributed by atoms with Crippen LogP contribution in [0.2, 0.25) is 0 Å². The first-order valence-corrected chi connectivity index (χ1v) is 5.20. The van der Waals surface area contributed by atoms with Gasteiger partial charge in [-0.25, -0.2) is 0 Å². The average Bonchev–Trinajstić information content (AvgIpc) is 2.65. The van der Waals surface area contributed by atoms with E-state index in [2.05, 4.69) is 21.9 Å². The van der Waals surface area contributed by atoms with Crippen LogP contribution in [0, 0.1) is 6.33 Å². The van der Waals surface area contributed by atoms with Gasteiger partial charge in [-0.1, -0.05) is 19.3 Å². The summed E-state index contributed by atoms with van der Waals surface area (Å²) >= 11 is 0. The summed E-state index contributed by atoms with van der Waals surface area (Å²) < 4.78 is 1.37. The van der Waals surface area contributed by atoms with Gasteiger partial charge in [0.2, 0.25) is 6.33 Å². The van der Waals surface area contributed by atoms with Gasteiger partial charge >= 0.3 is 0 Å². The first kappa shape index (κ1) is 9.58. The van der Waals surface area contributed by atoms with Crippen molar-refractivity contribution in [3.63, 3.8) is 0 Å².